The Morgan fingerprint density at radius 2 is 1.85 bits per heavy atom. The molecule has 1 aromatic rings. The highest BCUT2D eigenvalue weighted by Crippen LogP contribution is 2.08. The first-order valence-electron chi connectivity index (χ1n) is 6.72. The lowest BCUT2D eigenvalue weighted by Gasteiger charge is -2.17. The summed E-state index contributed by atoms with van der Waals surface area (Å²) in [5.41, 5.74) is 2.29. The Labute approximate surface area is 119 Å². The van der Waals surface area contributed by atoms with Gasteiger partial charge in [-0.1, -0.05) is 29.8 Å². The summed E-state index contributed by atoms with van der Waals surface area (Å²) in [6.45, 7) is 4.54. The van der Waals surface area contributed by atoms with Gasteiger partial charge in [-0.2, -0.15) is 0 Å². The molecule has 0 saturated heterocycles. The van der Waals surface area contributed by atoms with Gasteiger partial charge in [0.1, 0.15) is 0 Å². The number of aliphatic carboxylic acids is 1. The van der Waals surface area contributed by atoms with E-state index in [4.69, 9.17) is 5.11 Å². The van der Waals surface area contributed by atoms with Crippen molar-refractivity contribution in [2.45, 2.75) is 32.7 Å². The van der Waals surface area contributed by atoms with Gasteiger partial charge in [-0.3, -0.25) is 9.59 Å². The van der Waals surface area contributed by atoms with E-state index >= 15 is 0 Å². The minimum absolute atomic E-state index is 0.0634. The van der Waals surface area contributed by atoms with Crippen LogP contribution in [0.2, 0.25) is 0 Å². The van der Waals surface area contributed by atoms with Gasteiger partial charge >= 0.3 is 5.97 Å². The Balaban J connectivity index is 2.48. The monoisotopic (exact) mass is 278 g/mol. The van der Waals surface area contributed by atoms with Crippen molar-refractivity contribution in [3.05, 3.63) is 35.4 Å². The highest BCUT2D eigenvalue weighted by Gasteiger charge is 2.13. The summed E-state index contributed by atoms with van der Waals surface area (Å²) in [4.78, 5) is 21.6. The molecule has 1 aromatic carbocycles. The first-order chi connectivity index (χ1) is 9.47. The zero-order valence-electron chi connectivity index (χ0n) is 12.0. The molecule has 110 valence electrons. The summed E-state index contributed by atoms with van der Waals surface area (Å²) < 4.78 is 0. The molecule has 3 N–H and O–H groups in total. The van der Waals surface area contributed by atoms with Gasteiger partial charge in [-0.05, 0) is 18.9 Å². The fraction of sp³-hybridized carbons (Fsp3) is 0.467. The van der Waals surface area contributed by atoms with E-state index in [0.717, 1.165) is 5.56 Å². The fourth-order valence-electron chi connectivity index (χ4n) is 1.95. The van der Waals surface area contributed by atoms with E-state index in [1.54, 1.807) is 0 Å². The highest BCUT2D eigenvalue weighted by molar-refractivity contribution is 5.72. The van der Waals surface area contributed by atoms with E-state index in [-0.39, 0.29) is 18.4 Å². The van der Waals surface area contributed by atoms with Crippen molar-refractivity contribution in [3.8, 4) is 0 Å². The summed E-state index contributed by atoms with van der Waals surface area (Å²) >= 11 is 0. The van der Waals surface area contributed by atoms with Crippen molar-refractivity contribution in [1.82, 2.24) is 10.6 Å². The quantitative estimate of drug-likeness (QED) is 0.622. The van der Waals surface area contributed by atoms with Crippen LogP contribution in [0.1, 0.15) is 24.5 Å². The van der Waals surface area contributed by atoms with E-state index < -0.39 is 5.97 Å². The summed E-state index contributed by atoms with van der Waals surface area (Å²) in [5.74, 6) is -0.908. The normalized spacial score (nSPS) is 11.9. The molecule has 0 aliphatic carbocycles. The maximum absolute atomic E-state index is 10.9. The Morgan fingerprint density at radius 1 is 1.20 bits per heavy atom. The molecule has 0 saturated carbocycles. The average Bonchev–Trinajstić information content (AvgIpc) is 2.36. The van der Waals surface area contributed by atoms with Crippen molar-refractivity contribution in [2.24, 2.45) is 0 Å². The number of aryl methyl sites for hydroxylation is 1. The number of carboxylic acid groups (broad SMARTS) is 1. The van der Waals surface area contributed by atoms with Gasteiger partial charge in [0.15, 0.2) is 0 Å². The number of carbonyl (C=O) groups is 2. The fourth-order valence-corrected chi connectivity index (χ4v) is 1.95. The molecule has 0 aromatic heterocycles. The molecule has 5 heteroatoms. The summed E-state index contributed by atoms with van der Waals surface area (Å²) in [7, 11) is 0. The molecule has 0 radical (unpaired) electrons. The van der Waals surface area contributed by atoms with Crippen LogP contribution < -0.4 is 10.6 Å². The number of hydrogen-bond acceptors (Lipinski definition) is 3. The predicted octanol–water partition coefficient (Wildman–Crippen LogP) is 1.11. The zero-order valence-corrected chi connectivity index (χ0v) is 12.0. The molecule has 5 nitrogen and oxygen atoms in total. The molecule has 0 bridgehead atoms. The van der Waals surface area contributed by atoms with Crippen molar-refractivity contribution in [1.29, 1.82) is 0 Å². The smallest absolute Gasteiger partial charge is 0.304 e. The molecule has 20 heavy (non-hydrogen) atoms. The van der Waals surface area contributed by atoms with Gasteiger partial charge in [0.2, 0.25) is 5.91 Å². The molecule has 1 atom stereocenters. The first-order valence-corrected chi connectivity index (χ1v) is 6.72. The standard InChI is InChI=1S/C15H22N2O3/c1-11-3-5-13(6-4-11)9-14(10-15(19)20)17-8-7-16-12(2)18/h3-6,14,17H,7-10H2,1-2H3,(H,16,18)(H,19,20). The van der Waals surface area contributed by atoms with E-state index in [2.05, 4.69) is 10.6 Å². The summed E-state index contributed by atoms with van der Waals surface area (Å²) in [5, 5.41) is 14.8. The van der Waals surface area contributed by atoms with Crippen LogP contribution in [0, 0.1) is 6.92 Å². The second-order valence-corrected chi connectivity index (χ2v) is 4.92. The third-order valence-corrected chi connectivity index (χ3v) is 2.96. The maximum atomic E-state index is 10.9. The Kier molecular flexibility index (Phi) is 6.73. The van der Waals surface area contributed by atoms with Gasteiger partial charge in [0.05, 0.1) is 6.42 Å². The van der Waals surface area contributed by atoms with E-state index in [1.165, 1.54) is 12.5 Å². The highest BCUT2D eigenvalue weighted by atomic mass is 16.4. The first kappa shape index (κ1) is 16.2. The van der Waals surface area contributed by atoms with E-state index in [0.29, 0.717) is 19.5 Å². The van der Waals surface area contributed by atoms with Gasteiger partial charge in [0.25, 0.3) is 0 Å². The van der Waals surface area contributed by atoms with Crippen LogP contribution in [0.5, 0.6) is 0 Å². The summed E-state index contributed by atoms with van der Waals surface area (Å²) in [6.07, 6.45) is 0.723. The van der Waals surface area contributed by atoms with E-state index in [1.807, 2.05) is 31.2 Å². The third kappa shape index (κ3) is 6.89. The van der Waals surface area contributed by atoms with Gasteiger partial charge < -0.3 is 15.7 Å². The van der Waals surface area contributed by atoms with Crippen LogP contribution >= 0.6 is 0 Å². The lowest BCUT2D eigenvalue weighted by atomic mass is 10.0. The van der Waals surface area contributed by atoms with Crippen LogP contribution in [0.3, 0.4) is 0 Å². The third-order valence-electron chi connectivity index (χ3n) is 2.96. The van der Waals surface area contributed by atoms with Crippen LogP contribution in [-0.2, 0) is 16.0 Å². The molecule has 0 spiro atoms. The van der Waals surface area contributed by atoms with Crippen LogP contribution in [0.25, 0.3) is 0 Å². The number of rotatable bonds is 8. The van der Waals surface area contributed by atoms with Crippen molar-refractivity contribution in [3.63, 3.8) is 0 Å². The molecule has 0 fully saturated rings. The number of benzene rings is 1. The molecular weight excluding hydrogens is 256 g/mol. The van der Waals surface area contributed by atoms with E-state index in [9.17, 15) is 9.59 Å². The minimum atomic E-state index is -0.825. The van der Waals surface area contributed by atoms with Crippen molar-refractivity contribution in [2.75, 3.05) is 13.1 Å². The molecular formula is C15H22N2O3. The van der Waals surface area contributed by atoms with Crippen molar-refractivity contribution < 1.29 is 14.7 Å². The number of nitrogens with one attached hydrogen (secondary N) is 2. The molecule has 0 aliphatic rings. The largest absolute Gasteiger partial charge is 0.481 e. The molecule has 1 amide bonds. The second kappa shape index (κ2) is 8.32. The topological polar surface area (TPSA) is 78.4 Å². The minimum Gasteiger partial charge on any atom is -0.481 e. The maximum Gasteiger partial charge on any atom is 0.304 e. The number of carbonyl (C=O) groups excluding carboxylic acids is 1. The van der Waals surface area contributed by atoms with Gasteiger partial charge in [-0.25, -0.2) is 0 Å². The number of carboxylic acids is 1. The summed E-state index contributed by atoms with van der Waals surface area (Å²) in [6, 6.07) is 7.93. The Morgan fingerprint density at radius 3 is 2.40 bits per heavy atom. The van der Waals surface area contributed by atoms with Crippen molar-refractivity contribution >= 4 is 11.9 Å². The lowest BCUT2D eigenvalue weighted by Crippen LogP contribution is -2.38. The molecule has 1 unspecified atom stereocenters. The molecule has 0 aliphatic heterocycles. The molecule has 0 heterocycles. The lowest BCUT2D eigenvalue weighted by molar-refractivity contribution is -0.137. The zero-order chi connectivity index (χ0) is 15.0. The van der Waals surface area contributed by atoms with Gasteiger partial charge in [0, 0.05) is 26.1 Å². The second-order valence-electron chi connectivity index (χ2n) is 4.92. The predicted molar refractivity (Wildman–Crippen MR) is 77.6 cm³/mol. The van der Waals surface area contributed by atoms with Crippen LogP contribution in [-0.4, -0.2) is 36.1 Å². The number of hydrogen-bond donors (Lipinski definition) is 3. The Hall–Kier alpha value is -1.88. The average molecular weight is 278 g/mol. The van der Waals surface area contributed by atoms with Crippen LogP contribution in [0.4, 0.5) is 0 Å². The van der Waals surface area contributed by atoms with Crippen LogP contribution in [0.15, 0.2) is 24.3 Å². The Bertz CT molecular complexity index is 443. The SMILES string of the molecule is CC(=O)NCCNC(CC(=O)O)Cc1ccc(C)cc1. The number of amides is 1. The molecule has 1 rings (SSSR count). The van der Waals surface area contributed by atoms with Gasteiger partial charge in [-0.15, -0.1) is 0 Å².